The van der Waals surface area contributed by atoms with Crippen LogP contribution < -0.4 is 4.90 Å². The van der Waals surface area contributed by atoms with Gasteiger partial charge >= 0.3 is 0 Å². The third-order valence-corrected chi connectivity index (χ3v) is 4.50. The Kier molecular flexibility index (Phi) is 4.38. The Balaban J connectivity index is 1.69. The van der Waals surface area contributed by atoms with Gasteiger partial charge in [-0.25, -0.2) is 0 Å². The maximum atomic E-state index is 12.8. The van der Waals surface area contributed by atoms with Crippen LogP contribution in [0.1, 0.15) is 25.5 Å². The number of anilines is 1. The van der Waals surface area contributed by atoms with Crippen LogP contribution in [0.25, 0.3) is 0 Å². The van der Waals surface area contributed by atoms with E-state index < -0.39 is 6.04 Å². The first kappa shape index (κ1) is 16.2. The number of benzene rings is 1. The SMILES string of the molecule is CC1Cc2ccccc2N1C(=O)CN(C)C(=O)C(C)n1cccn1. The van der Waals surface area contributed by atoms with Crippen molar-refractivity contribution in [2.45, 2.75) is 32.4 Å². The minimum absolute atomic E-state index is 0.0586. The van der Waals surface area contributed by atoms with Gasteiger partial charge in [0.05, 0.1) is 6.54 Å². The number of amides is 2. The van der Waals surface area contributed by atoms with Gasteiger partial charge in [0, 0.05) is 31.2 Å². The van der Waals surface area contributed by atoms with Crippen LogP contribution in [-0.2, 0) is 16.0 Å². The number of rotatable bonds is 4. The van der Waals surface area contributed by atoms with Crippen molar-refractivity contribution in [2.24, 2.45) is 0 Å². The Morgan fingerprint density at radius 3 is 2.79 bits per heavy atom. The summed E-state index contributed by atoms with van der Waals surface area (Å²) in [6.07, 6.45) is 4.23. The monoisotopic (exact) mass is 326 g/mol. The second-order valence-corrected chi connectivity index (χ2v) is 6.30. The highest BCUT2D eigenvalue weighted by molar-refractivity contribution is 5.99. The molecule has 0 N–H and O–H groups in total. The molecule has 0 saturated heterocycles. The Labute approximate surface area is 141 Å². The molecule has 3 rings (SSSR count). The van der Waals surface area contributed by atoms with Gasteiger partial charge in [0.15, 0.2) is 0 Å². The van der Waals surface area contributed by atoms with Crippen LogP contribution in [0.4, 0.5) is 5.69 Å². The maximum absolute atomic E-state index is 12.8. The third kappa shape index (κ3) is 2.91. The van der Waals surface area contributed by atoms with Gasteiger partial charge < -0.3 is 9.80 Å². The van der Waals surface area contributed by atoms with Crippen LogP contribution in [0, 0.1) is 0 Å². The largest absolute Gasteiger partial charge is 0.335 e. The summed E-state index contributed by atoms with van der Waals surface area (Å²) in [5, 5.41) is 4.09. The molecule has 1 aromatic carbocycles. The van der Waals surface area contributed by atoms with Crippen LogP contribution in [-0.4, -0.2) is 46.1 Å². The van der Waals surface area contributed by atoms with Crippen molar-refractivity contribution in [1.82, 2.24) is 14.7 Å². The average molecular weight is 326 g/mol. The van der Waals surface area contributed by atoms with Crippen LogP contribution in [0.15, 0.2) is 42.7 Å². The predicted octanol–water partition coefficient (Wildman–Crippen LogP) is 1.88. The fraction of sp³-hybridized carbons (Fsp3) is 0.389. The molecule has 1 aliphatic rings. The van der Waals surface area contributed by atoms with Crippen molar-refractivity contribution in [2.75, 3.05) is 18.5 Å². The first-order valence-corrected chi connectivity index (χ1v) is 8.13. The number of likely N-dealkylation sites (N-methyl/N-ethyl adjacent to an activating group) is 1. The van der Waals surface area contributed by atoms with Crippen LogP contribution in [0.5, 0.6) is 0 Å². The smallest absolute Gasteiger partial charge is 0.247 e. The number of aromatic nitrogens is 2. The van der Waals surface area contributed by atoms with Crippen LogP contribution in [0.2, 0.25) is 0 Å². The molecular weight excluding hydrogens is 304 g/mol. The minimum Gasteiger partial charge on any atom is -0.335 e. The van der Waals surface area contributed by atoms with E-state index in [9.17, 15) is 9.59 Å². The zero-order valence-corrected chi connectivity index (χ0v) is 14.2. The maximum Gasteiger partial charge on any atom is 0.247 e. The molecule has 0 bridgehead atoms. The average Bonchev–Trinajstić information content (AvgIpc) is 3.19. The predicted molar refractivity (Wildman–Crippen MR) is 91.7 cm³/mol. The van der Waals surface area contributed by atoms with E-state index in [1.807, 2.05) is 31.2 Å². The molecule has 24 heavy (non-hydrogen) atoms. The standard InChI is InChI=1S/C18H22N4O2/c1-13-11-15-7-4-5-8-16(15)22(13)17(23)12-20(3)18(24)14(2)21-10-6-9-19-21/h4-10,13-14H,11-12H2,1-3H3. The number of nitrogens with zero attached hydrogens (tertiary/aromatic N) is 4. The fourth-order valence-corrected chi connectivity index (χ4v) is 3.24. The molecule has 6 heteroatoms. The van der Waals surface area contributed by atoms with Crippen molar-refractivity contribution in [1.29, 1.82) is 0 Å². The van der Waals surface area contributed by atoms with E-state index in [1.165, 1.54) is 10.5 Å². The molecule has 0 radical (unpaired) electrons. The lowest BCUT2D eigenvalue weighted by molar-refractivity contribution is -0.136. The van der Waals surface area contributed by atoms with E-state index >= 15 is 0 Å². The fourth-order valence-electron chi connectivity index (χ4n) is 3.24. The van der Waals surface area contributed by atoms with Gasteiger partial charge in [-0.2, -0.15) is 5.10 Å². The number of hydrogen-bond acceptors (Lipinski definition) is 3. The summed E-state index contributed by atoms with van der Waals surface area (Å²) in [7, 11) is 1.66. The zero-order chi connectivity index (χ0) is 17.3. The molecule has 0 saturated carbocycles. The highest BCUT2D eigenvalue weighted by Gasteiger charge is 2.32. The van der Waals surface area contributed by atoms with Gasteiger partial charge in [0.1, 0.15) is 6.04 Å². The molecule has 1 aliphatic heterocycles. The number of carbonyl (C=O) groups excluding carboxylic acids is 2. The summed E-state index contributed by atoms with van der Waals surface area (Å²) in [6.45, 7) is 3.87. The highest BCUT2D eigenvalue weighted by atomic mass is 16.2. The summed E-state index contributed by atoms with van der Waals surface area (Å²) in [4.78, 5) is 28.5. The van der Waals surface area contributed by atoms with Gasteiger partial charge in [0.25, 0.3) is 0 Å². The van der Waals surface area contributed by atoms with E-state index in [2.05, 4.69) is 5.10 Å². The minimum atomic E-state index is -0.430. The summed E-state index contributed by atoms with van der Waals surface area (Å²) < 4.78 is 1.59. The lowest BCUT2D eigenvalue weighted by Gasteiger charge is -2.27. The van der Waals surface area contributed by atoms with E-state index in [-0.39, 0.29) is 24.4 Å². The van der Waals surface area contributed by atoms with E-state index in [1.54, 1.807) is 42.0 Å². The van der Waals surface area contributed by atoms with Gasteiger partial charge in [-0.05, 0) is 38.0 Å². The lowest BCUT2D eigenvalue weighted by Crippen LogP contribution is -2.45. The quantitative estimate of drug-likeness (QED) is 0.862. The first-order chi connectivity index (χ1) is 11.5. The van der Waals surface area contributed by atoms with Gasteiger partial charge in [-0.3, -0.25) is 14.3 Å². The van der Waals surface area contributed by atoms with Crippen LogP contribution >= 0.6 is 0 Å². The topological polar surface area (TPSA) is 58.4 Å². The van der Waals surface area contributed by atoms with Crippen molar-refractivity contribution in [3.8, 4) is 0 Å². The summed E-state index contributed by atoms with van der Waals surface area (Å²) in [5.74, 6) is -0.192. The molecular formula is C18H22N4O2. The number of hydrogen-bond donors (Lipinski definition) is 0. The second-order valence-electron chi connectivity index (χ2n) is 6.30. The first-order valence-electron chi connectivity index (χ1n) is 8.13. The third-order valence-electron chi connectivity index (χ3n) is 4.50. The molecule has 0 aliphatic carbocycles. The molecule has 1 aromatic heterocycles. The molecule has 2 amide bonds. The number of fused-ring (bicyclic) bond motifs is 1. The Bertz CT molecular complexity index is 741. The van der Waals surface area contributed by atoms with Crippen molar-refractivity contribution in [3.05, 3.63) is 48.3 Å². The Morgan fingerprint density at radius 2 is 2.08 bits per heavy atom. The van der Waals surface area contributed by atoms with Crippen molar-refractivity contribution in [3.63, 3.8) is 0 Å². The molecule has 2 unspecified atom stereocenters. The molecule has 2 heterocycles. The van der Waals surface area contributed by atoms with Gasteiger partial charge in [-0.15, -0.1) is 0 Å². The van der Waals surface area contributed by atoms with E-state index in [0.717, 1.165) is 12.1 Å². The lowest BCUT2D eigenvalue weighted by atomic mass is 10.1. The van der Waals surface area contributed by atoms with Gasteiger partial charge in [0.2, 0.25) is 11.8 Å². The summed E-state index contributed by atoms with van der Waals surface area (Å²) in [5.41, 5.74) is 2.13. The number of para-hydroxylation sites is 1. The van der Waals surface area contributed by atoms with Gasteiger partial charge in [-0.1, -0.05) is 18.2 Å². The summed E-state index contributed by atoms with van der Waals surface area (Å²) in [6, 6.07) is 9.39. The molecule has 2 atom stereocenters. The molecule has 2 aromatic rings. The zero-order valence-electron chi connectivity index (χ0n) is 14.2. The highest BCUT2D eigenvalue weighted by Crippen LogP contribution is 2.31. The van der Waals surface area contributed by atoms with E-state index in [4.69, 9.17) is 0 Å². The van der Waals surface area contributed by atoms with Crippen LogP contribution in [0.3, 0.4) is 0 Å². The van der Waals surface area contributed by atoms with E-state index in [0.29, 0.717) is 0 Å². The second kappa shape index (κ2) is 6.47. The molecule has 6 nitrogen and oxygen atoms in total. The molecule has 0 spiro atoms. The number of carbonyl (C=O) groups is 2. The molecule has 0 fully saturated rings. The normalized spacial score (nSPS) is 17.5. The van der Waals surface area contributed by atoms with Crippen molar-refractivity contribution < 1.29 is 9.59 Å². The Hall–Kier alpha value is -2.63. The summed E-state index contributed by atoms with van der Waals surface area (Å²) >= 11 is 0. The Morgan fingerprint density at radius 1 is 1.33 bits per heavy atom. The van der Waals surface area contributed by atoms with Crippen molar-refractivity contribution >= 4 is 17.5 Å². The molecule has 126 valence electrons.